The first kappa shape index (κ1) is 24.9. The quantitative estimate of drug-likeness (QED) is 0.284. The van der Waals surface area contributed by atoms with E-state index in [1.165, 1.54) is 6.42 Å². The summed E-state index contributed by atoms with van der Waals surface area (Å²) in [5.74, 6) is 1.10. The van der Waals surface area contributed by atoms with Crippen LogP contribution in [0.2, 0.25) is 5.02 Å². The molecule has 0 spiro atoms. The second-order valence-corrected chi connectivity index (χ2v) is 9.89. The standard InChI is InChI=1S/C30H30ClN3O3/c1-37-24-16-14-20(15-17-24)19-34(30(36)21-8-7-9-22(31)18-21)27-25-12-5-6-13-26(25)29(35)33-28(27)32-23-10-3-2-4-11-23/h5-9,12-18,23H,2-4,10-11,19H2,1H3,(H2,32,33,35). The van der Waals surface area contributed by atoms with Gasteiger partial charge < -0.3 is 15.0 Å². The molecule has 1 aliphatic carbocycles. The Morgan fingerprint density at radius 1 is 1.00 bits per heavy atom. The molecule has 0 radical (unpaired) electrons. The van der Waals surface area contributed by atoms with Crippen LogP contribution < -0.4 is 20.5 Å². The van der Waals surface area contributed by atoms with Crippen LogP contribution in [0.1, 0.15) is 48.0 Å². The van der Waals surface area contributed by atoms with Crippen LogP contribution in [0.3, 0.4) is 0 Å². The molecule has 0 unspecified atom stereocenters. The molecular formula is C30H30ClN3O3. The molecule has 3 aromatic carbocycles. The average Bonchev–Trinajstić information content (AvgIpc) is 2.93. The first-order valence-electron chi connectivity index (χ1n) is 12.7. The van der Waals surface area contributed by atoms with Crippen LogP contribution in [-0.4, -0.2) is 24.0 Å². The molecule has 7 heteroatoms. The number of hydrogen-bond acceptors (Lipinski definition) is 4. The van der Waals surface area contributed by atoms with Crippen molar-refractivity contribution < 1.29 is 9.53 Å². The molecule has 2 N–H and O–H groups in total. The Morgan fingerprint density at radius 2 is 1.73 bits per heavy atom. The molecular weight excluding hydrogens is 486 g/mol. The lowest BCUT2D eigenvalue weighted by Gasteiger charge is -2.30. The van der Waals surface area contributed by atoms with Gasteiger partial charge in [0.2, 0.25) is 0 Å². The van der Waals surface area contributed by atoms with Gasteiger partial charge in [0.05, 0.1) is 19.3 Å². The van der Waals surface area contributed by atoms with E-state index in [1.807, 2.05) is 42.5 Å². The zero-order valence-corrected chi connectivity index (χ0v) is 21.6. The molecule has 5 rings (SSSR count). The van der Waals surface area contributed by atoms with Crippen LogP contribution in [0.5, 0.6) is 5.75 Å². The van der Waals surface area contributed by atoms with Crippen molar-refractivity contribution in [3.63, 3.8) is 0 Å². The number of ether oxygens (including phenoxy) is 1. The molecule has 37 heavy (non-hydrogen) atoms. The summed E-state index contributed by atoms with van der Waals surface area (Å²) in [4.78, 5) is 32.0. The van der Waals surface area contributed by atoms with Gasteiger partial charge in [0, 0.05) is 27.4 Å². The zero-order valence-electron chi connectivity index (χ0n) is 20.8. The summed E-state index contributed by atoms with van der Waals surface area (Å²) in [5.41, 5.74) is 1.87. The zero-order chi connectivity index (χ0) is 25.8. The van der Waals surface area contributed by atoms with Crippen LogP contribution >= 0.6 is 11.6 Å². The maximum absolute atomic E-state index is 14.1. The topological polar surface area (TPSA) is 74.4 Å². The van der Waals surface area contributed by atoms with Gasteiger partial charge >= 0.3 is 0 Å². The number of fused-ring (bicyclic) bond motifs is 1. The normalized spacial score (nSPS) is 13.9. The van der Waals surface area contributed by atoms with Crippen molar-refractivity contribution >= 4 is 39.8 Å². The summed E-state index contributed by atoms with van der Waals surface area (Å²) in [6, 6.07) is 22.2. The molecule has 4 aromatic rings. The van der Waals surface area contributed by atoms with Gasteiger partial charge in [0.25, 0.3) is 11.5 Å². The number of halogens is 1. The molecule has 0 atom stereocenters. The third-order valence-corrected chi connectivity index (χ3v) is 7.18. The SMILES string of the molecule is COc1ccc(CN(C(=O)c2cccc(Cl)c2)c2c(NC3CCCCC3)[nH]c(=O)c3ccccc23)cc1. The van der Waals surface area contributed by atoms with Crippen molar-refractivity contribution in [2.24, 2.45) is 0 Å². The van der Waals surface area contributed by atoms with E-state index < -0.39 is 0 Å². The number of benzene rings is 3. The molecule has 1 aliphatic rings. The van der Waals surface area contributed by atoms with Crippen molar-refractivity contribution in [1.29, 1.82) is 0 Å². The highest BCUT2D eigenvalue weighted by Gasteiger charge is 2.26. The van der Waals surface area contributed by atoms with E-state index in [4.69, 9.17) is 16.3 Å². The number of methoxy groups -OCH3 is 1. The molecule has 0 bridgehead atoms. The van der Waals surface area contributed by atoms with Gasteiger partial charge in [-0.25, -0.2) is 0 Å². The molecule has 0 aliphatic heterocycles. The predicted octanol–water partition coefficient (Wildman–Crippen LogP) is 6.78. The Labute approximate surface area is 221 Å². The fourth-order valence-electron chi connectivity index (χ4n) is 5.04. The Morgan fingerprint density at radius 3 is 2.43 bits per heavy atom. The number of rotatable bonds is 7. The van der Waals surface area contributed by atoms with Gasteiger partial charge in [-0.3, -0.25) is 14.5 Å². The number of aromatic amines is 1. The molecule has 1 saturated carbocycles. The van der Waals surface area contributed by atoms with E-state index in [0.717, 1.165) is 37.0 Å². The maximum Gasteiger partial charge on any atom is 0.258 e. The van der Waals surface area contributed by atoms with Crippen LogP contribution in [0.15, 0.2) is 77.6 Å². The van der Waals surface area contributed by atoms with Crippen molar-refractivity contribution in [3.05, 3.63) is 99.3 Å². The van der Waals surface area contributed by atoms with Crippen LogP contribution in [0.25, 0.3) is 10.8 Å². The van der Waals surface area contributed by atoms with Gasteiger partial charge in [0.15, 0.2) is 0 Å². The van der Waals surface area contributed by atoms with Crippen molar-refractivity contribution in [3.8, 4) is 5.75 Å². The first-order chi connectivity index (χ1) is 18.0. The van der Waals surface area contributed by atoms with Gasteiger partial charge in [-0.15, -0.1) is 0 Å². The summed E-state index contributed by atoms with van der Waals surface area (Å²) in [6.07, 6.45) is 5.55. The number of hydrogen-bond donors (Lipinski definition) is 2. The fraction of sp³-hybridized carbons (Fsp3) is 0.267. The van der Waals surface area contributed by atoms with Crippen LogP contribution in [-0.2, 0) is 6.54 Å². The molecule has 6 nitrogen and oxygen atoms in total. The number of amides is 1. The van der Waals surface area contributed by atoms with E-state index >= 15 is 0 Å². The van der Waals surface area contributed by atoms with E-state index in [9.17, 15) is 9.59 Å². The smallest absolute Gasteiger partial charge is 0.258 e. The van der Waals surface area contributed by atoms with Gasteiger partial charge in [-0.1, -0.05) is 67.3 Å². The monoisotopic (exact) mass is 515 g/mol. The van der Waals surface area contributed by atoms with E-state index in [-0.39, 0.29) is 17.5 Å². The lowest BCUT2D eigenvalue weighted by Crippen LogP contribution is -2.34. The fourth-order valence-corrected chi connectivity index (χ4v) is 5.23. The summed E-state index contributed by atoms with van der Waals surface area (Å²) in [6.45, 7) is 0.296. The minimum atomic E-state index is -0.206. The number of aromatic nitrogens is 1. The van der Waals surface area contributed by atoms with E-state index in [1.54, 1.807) is 42.3 Å². The number of carbonyl (C=O) groups excluding carboxylic acids is 1. The summed E-state index contributed by atoms with van der Waals surface area (Å²) < 4.78 is 5.32. The second-order valence-electron chi connectivity index (χ2n) is 9.45. The molecule has 1 fully saturated rings. The third-order valence-electron chi connectivity index (χ3n) is 6.94. The van der Waals surface area contributed by atoms with E-state index in [2.05, 4.69) is 10.3 Å². The maximum atomic E-state index is 14.1. The van der Waals surface area contributed by atoms with E-state index in [0.29, 0.717) is 39.4 Å². The lowest BCUT2D eigenvalue weighted by molar-refractivity contribution is 0.0985. The predicted molar refractivity (Wildman–Crippen MR) is 150 cm³/mol. The summed E-state index contributed by atoms with van der Waals surface area (Å²) in [5, 5.41) is 5.33. The minimum absolute atomic E-state index is 0.183. The largest absolute Gasteiger partial charge is 0.497 e. The Bertz CT molecular complexity index is 1460. The second kappa shape index (κ2) is 11.1. The van der Waals surface area contributed by atoms with Crippen LogP contribution in [0.4, 0.5) is 11.5 Å². The molecule has 1 aromatic heterocycles. The molecule has 0 saturated heterocycles. The van der Waals surface area contributed by atoms with Crippen LogP contribution in [0, 0.1) is 0 Å². The van der Waals surface area contributed by atoms with Crippen molar-refractivity contribution in [2.75, 3.05) is 17.3 Å². The number of H-pyrrole nitrogens is 1. The highest BCUT2D eigenvalue weighted by molar-refractivity contribution is 6.31. The number of pyridine rings is 1. The first-order valence-corrected chi connectivity index (χ1v) is 13.0. The Balaban J connectivity index is 1.68. The van der Waals surface area contributed by atoms with Gasteiger partial charge in [0.1, 0.15) is 11.6 Å². The Hall–Kier alpha value is -3.77. The van der Waals surface area contributed by atoms with Crippen molar-refractivity contribution in [2.45, 2.75) is 44.7 Å². The van der Waals surface area contributed by atoms with Gasteiger partial charge in [-0.2, -0.15) is 0 Å². The lowest BCUT2D eigenvalue weighted by atomic mass is 9.95. The highest BCUT2D eigenvalue weighted by Crippen LogP contribution is 2.35. The number of anilines is 2. The highest BCUT2D eigenvalue weighted by atomic mass is 35.5. The number of carbonyl (C=O) groups is 1. The summed E-state index contributed by atoms with van der Waals surface area (Å²) in [7, 11) is 1.62. The van der Waals surface area contributed by atoms with Crippen molar-refractivity contribution in [1.82, 2.24) is 4.98 Å². The number of nitrogens with zero attached hydrogens (tertiary/aromatic N) is 1. The molecule has 1 amide bonds. The number of nitrogens with one attached hydrogen (secondary N) is 2. The Kier molecular flexibility index (Phi) is 7.47. The van der Waals surface area contributed by atoms with Gasteiger partial charge in [-0.05, 0) is 54.8 Å². The molecule has 190 valence electrons. The summed E-state index contributed by atoms with van der Waals surface area (Å²) >= 11 is 6.26. The minimum Gasteiger partial charge on any atom is -0.497 e. The molecule has 1 heterocycles. The third kappa shape index (κ3) is 5.49. The average molecular weight is 516 g/mol.